The first kappa shape index (κ1) is 23.0. The fraction of sp³-hybridized carbons (Fsp3) is 0.417. The van der Waals surface area contributed by atoms with Crippen molar-refractivity contribution in [1.29, 1.82) is 0 Å². The van der Waals surface area contributed by atoms with E-state index >= 15 is 0 Å². The van der Waals surface area contributed by atoms with Gasteiger partial charge in [0.25, 0.3) is 5.91 Å². The Bertz CT molecular complexity index is 822. The minimum Gasteiger partial charge on any atom is -0.348 e. The van der Waals surface area contributed by atoms with Crippen molar-refractivity contribution in [1.82, 2.24) is 10.2 Å². The fourth-order valence-electron chi connectivity index (χ4n) is 2.99. The Morgan fingerprint density at radius 2 is 1.59 bits per heavy atom. The topological polar surface area (TPSA) is 49.4 Å². The number of benzene rings is 2. The third kappa shape index (κ3) is 6.64. The van der Waals surface area contributed by atoms with Crippen molar-refractivity contribution in [2.75, 3.05) is 18.8 Å². The normalized spacial score (nSPS) is 11.2. The lowest BCUT2D eigenvalue weighted by molar-refractivity contribution is -0.127. The van der Waals surface area contributed by atoms with Crippen LogP contribution in [0.5, 0.6) is 0 Å². The van der Waals surface area contributed by atoms with E-state index in [-0.39, 0.29) is 17.2 Å². The monoisotopic (exact) mass is 412 g/mol. The molecular weight excluding hydrogens is 380 g/mol. The number of amides is 2. The van der Waals surface area contributed by atoms with Gasteiger partial charge in [0.15, 0.2) is 0 Å². The summed E-state index contributed by atoms with van der Waals surface area (Å²) in [6, 6.07) is 15.8. The summed E-state index contributed by atoms with van der Waals surface area (Å²) in [5.41, 5.74) is 3.05. The predicted molar refractivity (Wildman–Crippen MR) is 121 cm³/mol. The Morgan fingerprint density at radius 1 is 0.966 bits per heavy atom. The molecule has 5 heteroatoms. The molecule has 0 saturated heterocycles. The molecule has 0 bridgehead atoms. The molecule has 1 N–H and O–H groups in total. The van der Waals surface area contributed by atoms with Gasteiger partial charge in [-0.2, -0.15) is 0 Å². The van der Waals surface area contributed by atoms with Gasteiger partial charge in [0, 0.05) is 24.5 Å². The van der Waals surface area contributed by atoms with E-state index in [1.54, 1.807) is 4.90 Å². The van der Waals surface area contributed by atoms with Gasteiger partial charge in [-0.05, 0) is 42.5 Å². The summed E-state index contributed by atoms with van der Waals surface area (Å²) < 4.78 is 0. The number of carbonyl (C=O) groups is 2. The van der Waals surface area contributed by atoms with Crippen LogP contribution in [-0.2, 0) is 16.8 Å². The Balaban J connectivity index is 2.00. The number of thioether (sulfide) groups is 1. The van der Waals surface area contributed by atoms with Gasteiger partial charge in [-0.3, -0.25) is 9.59 Å². The number of carbonyl (C=O) groups excluding carboxylic acids is 2. The highest BCUT2D eigenvalue weighted by atomic mass is 32.2. The first-order valence-corrected chi connectivity index (χ1v) is 11.1. The molecule has 0 unspecified atom stereocenters. The third-order valence-corrected chi connectivity index (χ3v) is 5.93. The predicted octanol–water partition coefficient (Wildman–Crippen LogP) is 4.87. The number of nitrogens with one attached hydrogen (secondary N) is 1. The zero-order valence-electron chi connectivity index (χ0n) is 18.1. The molecule has 0 atom stereocenters. The standard InChI is InChI=1S/C24H32N2O2S/c1-6-26(7-2)22(27)17-29-21-11-9-8-10-20(21)23(28)25-16-18-12-14-19(15-13-18)24(3,4)5/h8-15H,6-7,16-17H2,1-5H3,(H,25,28). The SMILES string of the molecule is CCN(CC)C(=O)CSc1ccccc1C(=O)NCc1ccc(C(C)(C)C)cc1. The molecule has 0 radical (unpaired) electrons. The molecular formula is C24H32N2O2S. The average molecular weight is 413 g/mol. The van der Waals surface area contributed by atoms with Crippen LogP contribution in [0.3, 0.4) is 0 Å². The zero-order valence-corrected chi connectivity index (χ0v) is 18.9. The second kappa shape index (κ2) is 10.5. The highest BCUT2D eigenvalue weighted by Crippen LogP contribution is 2.24. The van der Waals surface area contributed by atoms with Crippen LogP contribution in [0.1, 0.15) is 56.1 Å². The molecule has 0 aliphatic heterocycles. The number of rotatable bonds is 8. The molecule has 4 nitrogen and oxygen atoms in total. The molecule has 156 valence electrons. The molecule has 0 fully saturated rings. The van der Waals surface area contributed by atoms with Crippen molar-refractivity contribution >= 4 is 23.6 Å². The maximum atomic E-state index is 12.7. The van der Waals surface area contributed by atoms with Crippen LogP contribution in [0, 0.1) is 0 Å². The van der Waals surface area contributed by atoms with Gasteiger partial charge in [0.2, 0.25) is 5.91 Å². The van der Waals surface area contributed by atoms with Crippen molar-refractivity contribution < 1.29 is 9.59 Å². The average Bonchev–Trinajstić information content (AvgIpc) is 2.71. The highest BCUT2D eigenvalue weighted by Gasteiger charge is 2.16. The van der Waals surface area contributed by atoms with E-state index < -0.39 is 0 Å². The van der Waals surface area contributed by atoms with Crippen molar-refractivity contribution in [3.63, 3.8) is 0 Å². The summed E-state index contributed by atoms with van der Waals surface area (Å²) >= 11 is 1.42. The van der Waals surface area contributed by atoms with Gasteiger partial charge >= 0.3 is 0 Å². The first-order chi connectivity index (χ1) is 13.8. The molecule has 0 saturated carbocycles. The molecule has 2 aromatic carbocycles. The van der Waals surface area contributed by atoms with Crippen LogP contribution in [0.4, 0.5) is 0 Å². The summed E-state index contributed by atoms with van der Waals surface area (Å²) in [7, 11) is 0. The molecule has 2 amide bonds. The Morgan fingerprint density at radius 3 is 2.17 bits per heavy atom. The van der Waals surface area contributed by atoms with Gasteiger partial charge in [-0.25, -0.2) is 0 Å². The lowest BCUT2D eigenvalue weighted by atomic mass is 9.87. The fourth-order valence-corrected chi connectivity index (χ4v) is 3.94. The van der Waals surface area contributed by atoms with Crippen LogP contribution in [0.15, 0.2) is 53.4 Å². The molecule has 0 spiro atoms. The van der Waals surface area contributed by atoms with E-state index in [4.69, 9.17) is 0 Å². The van der Waals surface area contributed by atoms with Gasteiger partial charge in [0.1, 0.15) is 0 Å². The minimum absolute atomic E-state index is 0.0918. The van der Waals surface area contributed by atoms with Crippen LogP contribution < -0.4 is 5.32 Å². The van der Waals surface area contributed by atoms with Crippen molar-refractivity contribution in [2.45, 2.75) is 51.5 Å². The van der Waals surface area contributed by atoms with Crippen LogP contribution in [-0.4, -0.2) is 35.6 Å². The van der Waals surface area contributed by atoms with Crippen molar-refractivity contribution in [2.24, 2.45) is 0 Å². The van der Waals surface area contributed by atoms with E-state index in [2.05, 4.69) is 50.4 Å². The van der Waals surface area contributed by atoms with Crippen molar-refractivity contribution in [3.05, 3.63) is 65.2 Å². The maximum Gasteiger partial charge on any atom is 0.252 e. The lowest BCUT2D eigenvalue weighted by Crippen LogP contribution is -2.32. The van der Waals surface area contributed by atoms with Gasteiger partial charge in [-0.1, -0.05) is 57.2 Å². The molecule has 29 heavy (non-hydrogen) atoms. The summed E-state index contributed by atoms with van der Waals surface area (Å²) in [5, 5.41) is 3.00. The first-order valence-electron chi connectivity index (χ1n) is 10.1. The molecule has 2 aromatic rings. The van der Waals surface area contributed by atoms with Crippen molar-refractivity contribution in [3.8, 4) is 0 Å². The largest absolute Gasteiger partial charge is 0.348 e. The summed E-state index contributed by atoms with van der Waals surface area (Å²) in [5.74, 6) is 0.303. The number of hydrogen-bond donors (Lipinski definition) is 1. The highest BCUT2D eigenvalue weighted by molar-refractivity contribution is 8.00. The molecule has 2 rings (SSSR count). The second-order valence-electron chi connectivity index (χ2n) is 7.98. The van der Waals surface area contributed by atoms with Crippen LogP contribution >= 0.6 is 11.8 Å². The van der Waals surface area contributed by atoms with E-state index in [1.807, 2.05) is 38.1 Å². The number of nitrogens with zero attached hydrogens (tertiary/aromatic N) is 1. The molecule has 0 aliphatic carbocycles. The molecule has 0 aliphatic rings. The smallest absolute Gasteiger partial charge is 0.252 e. The molecule has 0 aromatic heterocycles. The van der Waals surface area contributed by atoms with E-state index in [0.29, 0.717) is 31.0 Å². The van der Waals surface area contributed by atoms with E-state index in [9.17, 15) is 9.59 Å². The lowest BCUT2D eigenvalue weighted by Gasteiger charge is -2.19. The Kier molecular flexibility index (Phi) is 8.32. The zero-order chi connectivity index (χ0) is 21.4. The summed E-state index contributed by atoms with van der Waals surface area (Å²) in [6.07, 6.45) is 0. The van der Waals surface area contributed by atoms with E-state index in [1.165, 1.54) is 17.3 Å². The third-order valence-electron chi connectivity index (χ3n) is 4.87. The maximum absolute atomic E-state index is 12.7. The van der Waals surface area contributed by atoms with Crippen LogP contribution in [0.25, 0.3) is 0 Å². The van der Waals surface area contributed by atoms with E-state index in [0.717, 1.165) is 10.5 Å². The van der Waals surface area contributed by atoms with Gasteiger partial charge < -0.3 is 10.2 Å². The molecule has 0 heterocycles. The summed E-state index contributed by atoms with van der Waals surface area (Å²) in [6.45, 7) is 12.4. The summed E-state index contributed by atoms with van der Waals surface area (Å²) in [4.78, 5) is 27.6. The minimum atomic E-state index is -0.122. The quantitative estimate of drug-likeness (QED) is 0.629. The Labute approximate surface area is 179 Å². The Hall–Kier alpha value is -2.27. The van der Waals surface area contributed by atoms with Gasteiger partial charge in [-0.15, -0.1) is 11.8 Å². The number of hydrogen-bond acceptors (Lipinski definition) is 3. The second-order valence-corrected chi connectivity index (χ2v) is 9.00. The van der Waals surface area contributed by atoms with Gasteiger partial charge in [0.05, 0.1) is 11.3 Å². The van der Waals surface area contributed by atoms with Crippen LogP contribution in [0.2, 0.25) is 0 Å².